The molecule has 0 aliphatic carbocycles. The fourth-order valence-electron chi connectivity index (χ4n) is 3.37. The van der Waals surface area contributed by atoms with Crippen LogP contribution in [0.15, 0.2) is 24.4 Å². The predicted octanol–water partition coefficient (Wildman–Crippen LogP) is 2.72. The Bertz CT molecular complexity index is 1050. The van der Waals surface area contributed by atoms with Gasteiger partial charge in [0.05, 0.1) is 11.7 Å². The first-order valence-corrected chi connectivity index (χ1v) is 8.49. The Hall–Kier alpha value is -3.22. The van der Waals surface area contributed by atoms with Crippen molar-refractivity contribution in [2.24, 2.45) is 0 Å². The average Bonchev–Trinajstić information content (AvgIpc) is 3.04. The van der Waals surface area contributed by atoms with Gasteiger partial charge in [-0.3, -0.25) is 9.69 Å². The summed E-state index contributed by atoms with van der Waals surface area (Å²) in [6.45, 7) is 4.42. The van der Waals surface area contributed by atoms with Gasteiger partial charge < -0.3 is 10.8 Å². The summed E-state index contributed by atoms with van der Waals surface area (Å²) in [6, 6.07) is 5.24. The zero-order valence-corrected chi connectivity index (χ0v) is 14.7. The highest BCUT2D eigenvalue weighted by molar-refractivity contribution is 5.98. The van der Waals surface area contributed by atoms with E-state index in [4.69, 9.17) is 5.73 Å². The number of amides is 1. The summed E-state index contributed by atoms with van der Waals surface area (Å²) in [4.78, 5) is 27.0. The van der Waals surface area contributed by atoms with Crippen molar-refractivity contribution in [3.63, 3.8) is 0 Å². The summed E-state index contributed by atoms with van der Waals surface area (Å²) in [5.74, 6) is 1.61. The molecule has 0 bridgehead atoms. The van der Waals surface area contributed by atoms with Crippen LogP contribution in [0.1, 0.15) is 24.0 Å². The van der Waals surface area contributed by atoms with Gasteiger partial charge in [0, 0.05) is 29.5 Å². The number of aromatic nitrogens is 3. The molecule has 1 aromatic carbocycles. The standard InChI is InChI=1S/C19H19N5O2/c1-10-5-6-14(25)11(2)17(10)19-22-13-9-21-15(8-12(13)18(20)23-19)24-7-3-4-16(24)26/h5-6,8-9,25H,3-4,7H2,1-2H3,(H2,20,22,23). The van der Waals surface area contributed by atoms with Gasteiger partial charge in [-0.15, -0.1) is 0 Å². The van der Waals surface area contributed by atoms with Gasteiger partial charge in [-0.2, -0.15) is 0 Å². The zero-order valence-electron chi connectivity index (χ0n) is 14.7. The lowest BCUT2D eigenvalue weighted by Crippen LogP contribution is -2.24. The number of anilines is 2. The minimum Gasteiger partial charge on any atom is -0.508 e. The molecule has 1 fully saturated rings. The Balaban J connectivity index is 1.86. The van der Waals surface area contributed by atoms with E-state index in [1.54, 1.807) is 23.2 Å². The monoisotopic (exact) mass is 349 g/mol. The lowest BCUT2D eigenvalue weighted by molar-refractivity contribution is -0.117. The first-order chi connectivity index (χ1) is 12.5. The molecular formula is C19H19N5O2. The molecule has 1 aliphatic rings. The van der Waals surface area contributed by atoms with Crippen molar-refractivity contribution in [2.75, 3.05) is 17.2 Å². The van der Waals surface area contributed by atoms with Gasteiger partial charge in [0.25, 0.3) is 0 Å². The van der Waals surface area contributed by atoms with Gasteiger partial charge in [-0.25, -0.2) is 15.0 Å². The Morgan fingerprint density at radius 3 is 2.77 bits per heavy atom. The lowest BCUT2D eigenvalue weighted by Gasteiger charge is -2.16. The van der Waals surface area contributed by atoms with Crippen molar-refractivity contribution in [1.29, 1.82) is 0 Å². The van der Waals surface area contributed by atoms with Gasteiger partial charge in [0.1, 0.15) is 17.4 Å². The van der Waals surface area contributed by atoms with Gasteiger partial charge in [0.15, 0.2) is 5.82 Å². The van der Waals surface area contributed by atoms with Crippen LogP contribution in [0, 0.1) is 13.8 Å². The van der Waals surface area contributed by atoms with Gasteiger partial charge in [-0.05, 0) is 38.0 Å². The van der Waals surface area contributed by atoms with E-state index in [1.807, 2.05) is 19.9 Å². The molecule has 2 aromatic heterocycles. The normalized spacial score (nSPS) is 14.4. The average molecular weight is 349 g/mol. The van der Waals surface area contributed by atoms with Crippen LogP contribution in [-0.2, 0) is 4.79 Å². The number of hydrogen-bond acceptors (Lipinski definition) is 6. The highest BCUT2D eigenvalue weighted by Crippen LogP contribution is 2.33. The maximum Gasteiger partial charge on any atom is 0.228 e. The van der Waals surface area contributed by atoms with Crippen molar-refractivity contribution in [3.05, 3.63) is 35.5 Å². The van der Waals surface area contributed by atoms with Crippen LogP contribution < -0.4 is 10.6 Å². The van der Waals surface area contributed by atoms with Crippen molar-refractivity contribution < 1.29 is 9.90 Å². The van der Waals surface area contributed by atoms with E-state index < -0.39 is 0 Å². The number of hydrogen-bond donors (Lipinski definition) is 2. The largest absolute Gasteiger partial charge is 0.508 e. The Kier molecular flexibility index (Phi) is 3.72. The maximum absolute atomic E-state index is 11.9. The first-order valence-electron chi connectivity index (χ1n) is 8.49. The molecule has 26 heavy (non-hydrogen) atoms. The molecule has 3 aromatic rings. The topological polar surface area (TPSA) is 105 Å². The van der Waals surface area contributed by atoms with Gasteiger partial charge >= 0.3 is 0 Å². The SMILES string of the molecule is Cc1ccc(O)c(C)c1-c1nc(N)c2cc(N3CCCC3=O)ncc2n1. The minimum absolute atomic E-state index is 0.0685. The third kappa shape index (κ3) is 2.52. The summed E-state index contributed by atoms with van der Waals surface area (Å²) in [5.41, 5.74) is 9.21. The number of aromatic hydroxyl groups is 1. The van der Waals surface area contributed by atoms with E-state index in [-0.39, 0.29) is 11.7 Å². The second-order valence-corrected chi connectivity index (χ2v) is 6.54. The summed E-state index contributed by atoms with van der Waals surface area (Å²) < 4.78 is 0. The van der Waals surface area contributed by atoms with Crippen LogP contribution in [0.25, 0.3) is 22.3 Å². The second-order valence-electron chi connectivity index (χ2n) is 6.54. The summed E-state index contributed by atoms with van der Waals surface area (Å²) in [5, 5.41) is 10.7. The van der Waals surface area contributed by atoms with Crippen molar-refractivity contribution in [2.45, 2.75) is 26.7 Å². The number of pyridine rings is 1. The van der Waals surface area contributed by atoms with Crippen LogP contribution in [-0.4, -0.2) is 32.5 Å². The van der Waals surface area contributed by atoms with E-state index >= 15 is 0 Å². The van der Waals surface area contributed by atoms with E-state index in [0.717, 1.165) is 17.5 Å². The number of phenolic OH excluding ortho intramolecular Hbond substituents is 1. The molecule has 0 unspecified atom stereocenters. The van der Waals surface area contributed by atoms with E-state index in [0.29, 0.717) is 46.9 Å². The number of nitrogens with zero attached hydrogens (tertiary/aromatic N) is 4. The summed E-state index contributed by atoms with van der Waals surface area (Å²) in [6.07, 6.45) is 2.99. The van der Waals surface area contributed by atoms with Crippen molar-refractivity contribution in [3.8, 4) is 17.1 Å². The highest BCUT2D eigenvalue weighted by Gasteiger charge is 2.23. The molecule has 0 radical (unpaired) electrons. The number of nitrogen functional groups attached to an aromatic ring is 1. The smallest absolute Gasteiger partial charge is 0.228 e. The number of fused-ring (bicyclic) bond motifs is 1. The second kappa shape index (κ2) is 5.94. The lowest BCUT2D eigenvalue weighted by atomic mass is 10.0. The van der Waals surface area contributed by atoms with E-state index in [1.165, 1.54) is 0 Å². The maximum atomic E-state index is 11.9. The number of benzene rings is 1. The van der Waals surface area contributed by atoms with Crippen LogP contribution in [0.5, 0.6) is 5.75 Å². The van der Waals surface area contributed by atoms with E-state index in [9.17, 15) is 9.90 Å². The highest BCUT2D eigenvalue weighted by atomic mass is 16.3. The van der Waals surface area contributed by atoms with Gasteiger partial charge in [0.2, 0.25) is 5.91 Å². The molecule has 7 heteroatoms. The molecule has 0 saturated carbocycles. The minimum atomic E-state index is 0.0685. The third-order valence-corrected chi connectivity index (χ3v) is 4.82. The fourth-order valence-corrected chi connectivity index (χ4v) is 3.37. The number of aryl methyl sites for hydroxylation is 1. The Labute approximate surface area is 150 Å². The summed E-state index contributed by atoms with van der Waals surface area (Å²) in [7, 11) is 0. The quantitative estimate of drug-likeness (QED) is 0.737. The van der Waals surface area contributed by atoms with Crippen molar-refractivity contribution >= 4 is 28.4 Å². The molecule has 4 rings (SSSR count). The Morgan fingerprint density at radius 2 is 2.04 bits per heavy atom. The van der Waals surface area contributed by atoms with Crippen LogP contribution in [0.2, 0.25) is 0 Å². The fraction of sp³-hybridized carbons (Fsp3) is 0.263. The molecule has 1 amide bonds. The molecule has 1 aliphatic heterocycles. The number of nitrogens with two attached hydrogens (primary N) is 1. The zero-order chi connectivity index (χ0) is 18.4. The van der Waals surface area contributed by atoms with E-state index in [2.05, 4.69) is 15.0 Å². The molecule has 7 nitrogen and oxygen atoms in total. The first kappa shape index (κ1) is 16.3. The number of carbonyl (C=O) groups is 1. The van der Waals surface area contributed by atoms with Crippen LogP contribution in [0.4, 0.5) is 11.6 Å². The molecule has 1 saturated heterocycles. The van der Waals surface area contributed by atoms with Crippen LogP contribution >= 0.6 is 0 Å². The molecule has 0 spiro atoms. The molecule has 132 valence electrons. The third-order valence-electron chi connectivity index (χ3n) is 4.82. The number of carbonyl (C=O) groups excluding carboxylic acids is 1. The predicted molar refractivity (Wildman–Crippen MR) is 99.9 cm³/mol. The number of rotatable bonds is 2. The van der Waals surface area contributed by atoms with Crippen LogP contribution in [0.3, 0.4) is 0 Å². The Morgan fingerprint density at radius 1 is 1.23 bits per heavy atom. The van der Waals surface area contributed by atoms with Crippen molar-refractivity contribution in [1.82, 2.24) is 15.0 Å². The molecule has 3 heterocycles. The number of phenols is 1. The summed E-state index contributed by atoms with van der Waals surface area (Å²) >= 11 is 0. The van der Waals surface area contributed by atoms with Gasteiger partial charge in [-0.1, -0.05) is 6.07 Å². The molecule has 0 atom stereocenters. The molecule has 3 N–H and O–H groups in total. The molecular weight excluding hydrogens is 330 g/mol.